The molecule has 0 saturated heterocycles. The summed E-state index contributed by atoms with van der Waals surface area (Å²) in [6, 6.07) is 6.13. The lowest BCUT2D eigenvalue weighted by Crippen LogP contribution is -2.30. The lowest BCUT2D eigenvalue weighted by atomic mass is 10.1. The molecule has 4 heteroatoms. The van der Waals surface area contributed by atoms with Crippen LogP contribution >= 0.6 is 11.8 Å². The van der Waals surface area contributed by atoms with Crippen LogP contribution in [0.3, 0.4) is 0 Å². The summed E-state index contributed by atoms with van der Waals surface area (Å²) in [7, 11) is 3.63. The van der Waals surface area contributed by atoms with E-state index in [2.05, 4.69) is 18.1 Å². The maximum Gasteiger partial charge on any atom is 0.165 e. The van der Waals surface area contributed by atoms with Crippen molar-refractivity contribution >= 4 is 23.2 Å². The predicted octanol–water partition coefficient (Wildman–Crippen LogP) is 3.48. The Morgan fingerprint density at radius 2 is 2.16 bits per heavy atom. The van der Waals surface area contributed by atoms with Crippen molar-refractivity contribution in [3.63, 3.8) is 0 Å². The number of hydrogen-bond donors (Lipinski definition) is 0. The van der Waals surface area contributed by atoms with Crippen molar-refractivity contribution in [1.29, 1.82) is 0 Å². The van der Waals surface area contributed by atoms with Crippen molar-refractivity contribution in [2.75, 3.05) is 31.1 Å². The quantitative estimate of drug-likeness (QED) is 0.716. The van der Waals surface area contributed by atoms with Crippen molar-refractivity contribution < 1.29 is 9.53 Å². The smallest absolute Gasteiger partial charge is 0.165 e. The average Bonchev–Trinajstić information content (AvgIpc) is 2.42. The first-order valence-corrected chi connectivity index (χ1v) is 7.82. The molecule has 0 bridgehead atoms. The SMILES string of the molecule is COc1cccc(N(C)C(C)CCSC)c1C(C)=O. The van der Waals surface area contributed by atoms with Crippen LogP contribution in [0.5, 0.6) is 5.75 Å². The van der Waals surface area contributed by atoms with Gasteiger partial charge in [-0.15, -0.1) is 0 Å². The van der Waals surface area contributed by atoms with Gasteiger partial charge in [0.15, 0.2) is 5.78 Å². The van der Waals surface area contributed by atoms with Gasteiger partial charge in [-0.2, -0.15) is 11.8 Å². The van der Waals surface area contributed by atoms with Gasteiger partial charge in [-0.25, -0.2) is 0 Å². The number of methoxy groups -OCH3 is 1. The van der Waals surface area contributed by atoms with Crippen LogP contribution in [0.25, 0.3) is 0 Å². The van der Waals surface area contributed by atoms with Gasteiger partial charge in [0.05, 0.1) is 18.4 Å². The second-order valence-corrected chi connectivity index (χ2v) is 5.64. The summed E-state index contributed by atoms with van der Waals surface area (Å²) in [5.74, 6) is 1.80. The fourth-order valence-corrected chi connectivity index (χ4v) is 2.63. The fraction of sp³-hybridized carbons (Fsp3) is 0.533. The number of ketones is 1. The zero-order chi connectivity index (χ0) is 14.4. The molecule has 0 aliphatic carbocycles. The van der Waals surface area contributed by atoms with Gasteiger partial charge in [-0.1, -0.05) is 6.07 Å². The molecule has 3 nitrogen and oxygen atoms in total. The topological polar surface area (TPSA) is 29.5 Å². The Labute approximate surface area is 120 Å². The Morgan fingerprint density at radius 1 is 1.47 bits per heavy atom. The number of benzene rings is 1. The van der Waals surface area contributed by atoms with Crippen molar-refractivity contribution in [2.24, 2.45) is 0 Å². The molecule has 1 unspecified atom stereocenters. The Bertz CT molecular complexity index is 434. The average molecular weight is 281 g/mol. The highest BCUT2D eigenvalue weighted by atomic mass is 32.2. The van der Waals surface area contributed by atoms with Gasteiger partial charge in [0.2, 0.25) is 0 Å². The van der Waals surface area contributed by atoms with Crippen LogP contribution < -0.4 is 9.64 Å². The van der Waals surface area contributed by atoms with E-state index in [-0.39, 0.29) is 5.78 Å². The van der Waals surface area contributed by atoms with E-state index in [1.54, 1.807) is 14.0 Å². The summed E-state index contributed by atoms with van der Waals surface area (Å²) in [6.45, 7) is 3.77. The van der Waals surface area contributed by atoms with Gasteiger partial charge in [-0.3, -0.25) is 4.79 Å². The molecule has 0 heterocycles. The van der Waals surface area contributed by atoms with Crippen LogP contribution in [0.1, 0.15) is 30.6 Å². The summed E-state index contributed by atoms with van der Waals surface area (Å²) in [5, 5.41) is 0. The molecule has 0 radical (unpaired) electrons. The molecule has 0 amide bonds. The number of thioether (sulfide) groups is 1. The summed E-state index contributed by atoms with van der Waals surface area (Å²) in [5.41, 5.74) is 1.61. The number of ether oxygens (including phenoxy) is 1. The number of carbonyl (C=O) groups excluding carboxylic acids is 1. The maximum absolute atomic E-state index is 11.9. The Kier molecular flexibility index (Phi) is 6.22. The van der Waals surface area contributed by atoms with E-state index in [0.717, 1.165) is 17.9 Å². The molecule has 106 valence electrons. The van der Waals surface area contributed by atoms with E-state index >= 15 is 0 Å². The fourth-order valence-electron chi connectivity index (χ4n) is 2.06. The largest absolute Gasteiger partial charge is 0.496 e. The number of carbonyl (C=O) groups is 1. The highest BCUT2D eigenvalue weighted by molar-refractivity contribution is 7.98. The molecule has 1 aromatic rings. The van der Waals surface area contributed by atoms with Crippen LogP contribution in [-0.4, -0.2) is 38.0 Å². The van der Waals surface area contributed by atoms with Crippen LogP contribution in [0.2, 0.25) is 0 Å². The van der Waals surface area contributed by atoms with Crippen LogP contribution in [0.15, 0.2) is 18.2 Å². The summed E-state index contributed by atoms with van der Waals surface area (Å²) < 4.78 is 5.31. The second-order valence-electron chi connectivity index (χ2n) is 4.65. The highest BCUT2D eigenvalue weighted by Crippen LogP contribution is 2.30. The third-order valence-corrected chi connectivity index (χ3v) is 4.00. The summed E-state index contributed by atoms with van der Waals surface area (Å²) in [4.78, 5) is 14.0. The van der Waals surface area contributed by atoms with Gasteiger partial charge >= 0.3 is 0 Å². The van der Waals surface area contributed by atoms with E-state index in [9.17, 15) is 4.79 Å². The Balaban J connectivity index is 3.08. The van der Waals surface area contributed by atoms with E-state index in [1.807, 2.05) is 37.0 Å². The van der Waals surface area contributed by atoms with Crippen molar-refractivity contribution in [2.45, 2.75) is 26.3 Å². The molecular formula is C15H23NO2S. The minimum Gasteiger partial charge on any atom is -0.496 e. The van der Waals surface area contributed by atoms with Crippen LogP contribution in [0, 0.1) is 0 Å². The lowest BCUT2D eigenvalue weighted by Gasteiger charge is -2.29. The minimum atomic E-state index is 0.0383. The normalized spacial score (nSPS) is 12.1. The molecule has 1 rings (SSSR count). The second kappa shape index (κ2) is 7.43. The highest BCUT2D eigenvalue weighted by Gasteiger charge is 2.19. The van der Waals surface area contributed by atoms with Gasteiger partial charge in [0, 0.05) is 13.1 Å². The number of rotatable bonds is 7. The molecule has 0 aromatic heterocycles. The zero-order valence-electron chi connectivity index (χ0n) is 12.4. The third kappa shape index (κ3) is 3.90. The third-order valence-electron chi connectivity index (χ3n) is 3.36. The molecule has 1 atom stereocenters. The molecular weight excluding hydrogens is 258 g/mol. The van der Waals surface area contributed by atoms with Crippen LogP contribution in [-0.2, 0) is 0 Å². The molecule has 0 spiro atoms. The number of hydrogen-bond acceptors (Lipinski definition) is 4. The van der Waals surface area contributed by atoms with Crippen molar-refractivity contribution in [1.82, 2.24) is 0 Å². The van der Waals surface area contributed by atoms with Gasteiger partial charge in [-0.05, 0) is 44.4 Å². The molecule has 0 saturated carbocycles. The Morgan fingerprint density at radius 3 is 2.68 bits per heavy atom. The van der Waals surface area contributed by atoms with E-state index < -0.39 is 0 Å². The van der Waals surface area contributed by atoms with Gasteiger partial charge in [0.25, 0.3) is 0 Å². The monoisotopic (exact) mass is 281 g/mol. The first-order chi connectivity index (χ1) is 9.02. The summed E-state index contributed by atoms with van der Waals surface area (Å²) in [6.07, 6.45) is 3.20. The van der Waals surface area contributed by atoms with Gasteiger partial charge < -0.3 is 9.64 Å². The van der Waals surface area contributed by atoms with Crippen molar-refractivity contribution in [3.05, 3.63) is 23.8 Å². The molecule has 19 heavy (non-hydrogen) atoms. The van der Waals surface area contributed by atoms with E-state index in [0.29, 0.717) is 17.4 Å². The number of nitrogens with zero attached hydrogens (tertiary/aromatic N) is 1. The standard InChI is InChI=1S/C15H23NO2S/c1-11(9-10-19-5)16(3)13-7-6-8-14(18-4)15(13)12(2)17/h6-8,11H,9-10H2,1-5H3. The molecule has 0 fully saturated rings. The Hall–Kier alpha value is -1.16. The zero-order valence-corrected chi connectivity index (χ0v) is 13.2. The molecule has 0 aliphatic rings. The predicted molar refractivity (Wildman–Crippen MR) is 83.9 cm³/mol. The van der Waals surface area contributed by atoms with E-state index in [1.165, 1.54) is 0 Å². The van der Waals surface area contributed by atoms with Gasteiger partial charge in [0.1, 0.15) is 5.75 Å². The lowest BCUT2D eigenvalue weighted by molar-refractivity contribution is 0.101. The molecule has 1 aromatic carbocycles. The number of Topliss-reactive ketones (excluding diaryl/α,β-unsaturated/α-hetero) is 1. The van der Waals surface area contributed by atoms with Crippen molar-refractivity contribution in [3.8, 4) is 5.75 Å². The summed E-state index contributed by atoms with van der Waals surface area (Å²) >= 11 is 1.84. The molecule has 0 aliphatic heterocycles. The number of anilines is 1. The molecule has 0 N–H and O–H groups in total. The minimum absolute atomic E-state index is 0.0383. The maximum atomic E-state index is 11.9. The van der Waals surface area contributed by atoms with Crippen LogP contribution in [0.4, 0.5) is 5.69 Å². The first-order valence-electron chi connectivity index (χ1n) is 6.42. The van der Waals surface area contributed by atoms with E-state index in [4.69, 9.17) is 4.74 Å². The first kappa shape index (κ1) is 15.9.